The Morgan fingerprint density at radius 3 is 2.63 bits per heavy atom. The average molecular weight is 567 g/mol. The minimum absolute atomic E-state index is 0.261. The number of hydrogen-bond donors (Lipinski definition) is 2. The van der Waals surface area contributed by atoms with Gasteiger partial charge < -0.3 is 34.7 Å². The van der Waals surface area contributed by atoms with E-state index < -0.39 is 40.4 Å². The monoisotopic (exact) mass is 566 g/mol. The van der Waals surface area contributed by atoms with Crippen molar-refractivity contribution in [3.8, 4) is 11.3 Å². The number of halogens is 1. The number of aromatic nitrogens is 3. The summed E-state index contributed by atoms with van der Waals surface area (Å²) in [5.74, 6) is -0.717. The van der Waals surface area contributed by atoms with Crippen molar-refractivity contribution in [2.24, 2.45) is 0 Å². The topological polar surface area (TPSA) is 187 Å². The molecule has 5 rings (SSSR count). The normalized spacial score (nSPS) is 13.2. The van der Waals surface area contributed by atoms with Crippen LogP contribution in [0, 0.1) is 21.1 Å². The zero-order valence-electron chi connectivity index (χ0n) is 21.4. The van der Waals surface area contributed by atoms with Crippen molar-refractivity contribution in [2.75, 3.05) is 42.9 Å². The minimum atomic E-state index is -0.915. The predicted octanol–water partition coefficient (Wildman–Crippen LogP) is 1.70. The highest BCUT2D eigenvalue weighted by molar-refractivity contribution is 5.99. The summed E-state index contributed by atoms with van der Waals surface area (Å²) in [5, 5.41) is 35.7. The summed E-state index contributed by atoms with van der Waals surface area (Å²) in [4.78, 5) is 38.7. The Balaban J connectivity index is 1.13. The number of piperazine rings is 1. The number of carbonyl (C=O) groups is 2. The van der Waals surface area contributed by atoms with Crippen molar-refractivity contribution >= 4 is 29.0 Å². The van der Waals surface area contributed by atoms with Crippen molar-refractivity contribution in [1.82, 2.24) is 20.5 Å². The van der Waals surface area contributed by atoms with Crippen LogP contribution in [0.15, 0.2) is 64.1 Å². The molecule has 1 aliphatic rings. The van der Waals surface area contributed by atoms with Gasteiger partial charge in [0.25, 0.3) is 11.6 Å². The molecule has 0 atom stereocenters. The van der Waals surface area contributed by atoms with Crippen LogP contribution in [0.5, 0.6) is 0 Å². The SMILES string of the molecule is O=C(NCC(=O)N1CCN(c2ccc(-c3cc(CNc4ccon4)on3)cc2F)CC1)c1c[n+]([O-])ccc1[N+](=O)[O-]. The van der Waals surface area contributed by atoms with Gasteiger partial charge in [0.15, 0.2) is 29.5 Å². The lowest BCUT2D eigenvalue weighted by Crippen LogP contribution is -2.51. The van der Waals surface area contributed by atoms with Crippen LogP contribution in [0.4, 0.5) is 21.6 Å². The number of nitrogens with zero attached hydrogens (tertiary/aromatic N) is 6. The maximum absolute atomic E-state index is 15.1. The van der Waals surface area contributed by atoms with Crippen molar-refractivity contribution < 1.29 is 32.7 Å². The van der Waals surface area contributed by atoms with E-state index >= 15 is 4.39 Å². The lowest BCUT2D eigenvalue weighted by Gasteiger charge is -2.36. The summed E-state index contributed by atoms with van der Waals surface area (Å²) >= 11 is 0. The standard InChI is InChI=1S/C25H23FN8O7/c26-19-11-16(20-12-17(41-29-20)13-27-23-4-10-40-30-23)1-2-22(19)31-6-8-32(9-7-31)24(35)14-28-25(36)18-15-33(37)5-3-21(18)34(38)39/h1-5,10-12,15H,6-9,13-14H2,(H,27,30)(H,28,36). The lowest BCUT2D eigenvalue weighted by molar-refractivity contribution is -0.606. The van der Waals surface area contributed by atoms with Crippen LogP contribution in [-0.4, -0.2) is 64.7 Å². The smallest absolute Gasteiger partial charge is 0.294 e. The first-order valence-electron chi connectivity index (χ1n) is 12.4. The number of hydrogen-bond acceptors (Lipinski definition) is 11. The molecule has 4 aromatic rings. The zero-order chi connectivity index (χ0) is 28.9. The third-order valence-electron chi connectivity index (χ3n) is 6.41. The fourth-order valence-corrected chi connectivity index (χ4v) is 4.30. The molecule has 0 saturated carbocycles. The summed E-state index contributed by atoms with van der Waals surface area (Å²) in [6.07, 6.45) is 3.11. The van der Waals surface area contributed by atoms with E-state index in [1.165, 1.54) is 17.2 Å². The molecule has 1 fully saturated rings. The van der Waals surface area contributed by atoms with E-state index in [4.69, 9.17) is 9.05 Å². The van der Waals surface area contributed by atoms with E-state index in [1.54, 1.807) is 29.2 Å². The first-order valence-corrected chi connectivity index (χ1v) is 12.4. The van der Waals surface area contributed by atoms with Gasteiger partial charge in [-0.3, -0.25) is 19.7 Å². The molecule has 15 nitrogen and oxygen atoms in total. The van der Waals surface area contributed by atoms with Crippen LogP contribution < -0.4 is 20.3 Å². The van der Waals surface area contributed by atoms with Gasteiger partial charge in [0.2, 0.25) is 5.91 Å². The summed E-state index contributed by atoms with van der Waals surface area (Å²) in [7, 11) is 0. The number of carbonyl (C=O) groups excluding carboxylic acids is 2. The number of benzene rings is 1. The van der Waals surface area contributed by atoms with Crippen LogP contribution in [-0.2, 0) is 11.3 Å². The van der Waals surface area contributed by atoms with Crippen molar-refractivity contribution in [3.05, 3.63) is 87.5 Å². The second-order valence-corrected chi connectivity index (χ2v) is 8.99. The van der Waals surface area contributed by atoms with Gasteiger partial charge in [0.1, 0.15) is 17.8 Å². The molecular weight excluding hydrogens is 543 g/mol. The average Bonchev–Trinajstić information content (AvgIpc) is 3.67. The van der Waals surface area contributed by atoms with E-state index in [1.807, 2.05) is 0 Å². The number of amides is 2. The highest BCUT2D eigenvalue weighted by atomic mass is 19.1. The molecular formula is C25H23FN8O7. The molecule has 16 heteroatoms. The number of nitrogens with one attached hydrogen (secondary N) is 2. The van der Waals surface area contributed by atoms with Crippen molar-refractivity contribution in [3.63, 3.8) is 0 Å². The predicted molar refractivity (Wildman–Crippen MR) is 139 cm³/mol. The summed E-state index contributed by atoms with van der Waals surface area (Å²) < 4.78 is 25.4. The quantitative estimate of drug-likeness (QED) is 0.130. The fraction of sp³-hybridized carbons (Fsp3) is 0.240. The Morgan fingerprint density at radius 1 is 1.12 bits per heavy atom. The van der Waals surface area contributed by atoms with Gasteiger partial charge in [-0.2, -0.15) is 4.73 Å². The van der Waals surface area contributed by atoms with E-state index in [-0.39, 0.29) is 17.8 Å². The highest BCUT2D eigenvalue weighted by Crippen LogP contribution is 2.27. The number of nitro groups is 1. The van der Waals surface area contributed by atoms with Crippen molar-refractivity contribution in [1.29, 1.82) is 0 Å². The van der Waals surface area contributed by atoms with Crippen molar-refractivity contribution in [2.45, 2.75) is 6.54 Å². The summed E-state index contributed by atoms with van der Waals surface area (Å²) in [6.45, 7) is 1.14. The van der Waals surface area contributed by atoms with Gasteiger partial charge in [0, 0.05) is 43.9 Å². The minimum Gasteiger partial charge on any atom is -0.619 e. The first-order chi connectivity index (χ1) is 19.8. The van der Waals surface area contributed by atoms with Crippen LogP contribution >= 0.6 is 0 Å². The molecule has 3 aromatic heterocycles. The maximum atomic E-state index is 15.1. The molecule has 0 aliphatic carbocycles. The summed E-state index contributed by atoms with van der Waals surface area (Å²) in [5.41, 5.74) is 0.374. The van der Waals surface area contributed by atoms with E-state index in [0.29, 0.717) is 48.2 Å². The van der Waals surface area contributed by atoms with E-state index in [9.17, 15) is 24.9 Å². The molecule has 0 bridgehead atoms. The molecule has 0 radical (unpaired) electrons. The molecule has 41 heavy (non-hydrogen) atoms. The Bertz CT molecular complexity index is 1570. The molecule has 1 aromatic carbocycles. The van der Waals surface area contributed by atoms with Crippen LogP contribution in [0.1, 0.15) is 16.1 Å². The molecule has 1 aliphatic heterocycles. The Labute approximate surface area is 230 Å². The molecule has 1 saturated heterocycles. The van der Waals surface area contributed by atoms with Crippen LogP contribution in [0.3, 0.4) is 0 Å². The van der Waals surface area contributed by atoms with Gasteiger partial charge in [-0.25, -0.2) is 4.39 Å². The summed E-state index contributed by atoms with van der Waals surface area (Å²) in [6, 6.07) is 9.00. The van der Waals surface area contributed by atoms with E-state index in [0.717, 1.165) is 18.5 Å². The van der Waals surface area contributed by atoms with Gasteiger partial charge >= 0.3 is 0 Å². The van der Waals surface area contributed by atoms with Gasteiger partial charge in [0.05, 0.1) is 29.8 Å². The van der Waals surface area contributed by atoms with Gasteiger partial charge in [-0.1, -0.05) is 16.4 Å². The van der Waals surface area contributed by atoms with Crippen LogP contribution in [0.2, 0.25) is 0 Å². The third kappa shape index (κ3) is 6.21. The van der Waals surface area contributed by atoms with Gasteiger partial charge in [-0.05, 0) is 12.1 Å². The van der Waals surface area contributed by atoms with E-state index in [2.05, 4.69) is 20.9 Å². The highest BCUT2D eigenvalue weighted by Gasteiger charge is 2.26. The second-order valence-electron chi connectivity index (χ2n) is 8.99. The molecule has 0 unspecified atom stereocenters. The molecule has 2 amide bonds. The molecule has 2 N–H and O–H groups in total. The second kappa shape index (κ2) is 11.7. The largest absolute Gasteiger partial charge is 0.619 e. The Morgan fingerprint density at radius 2 is 1.93 bits per heavy atom. The molecule has 4 heterocycles. The fourth-order valence-electron chi connectivity index (χ4n) is 4.30. The molecule has 212 valence electrons. The lowest BCUT2D eigenvalue weighted by atomic mass is 10.1. The number of rotatable bonds is 9. The number of anilines is 2. The first kappa shape index (κ1) is 27.0. The van der Waals surface area contributed by atoms with Gasteiger partial charge in [-0.15, -0.1) is 0 Å². The maximum Gasteiger partial charge on any atom is 0.294 e. The Kier molecular flexibility index (Phi) is 7.71. The molecule has 0 spiro atoms. The number of pyridine rings is 1. The zero-order valence-corrected chi connectivity index (χ0v) is 21.4. The Hall–Kier alpha value is -5.54. The third-order valence-corrected chi connectivity index (χ3v) is 6.41. The van der Waals surface area contributed by atoms with Crippen LogP contribution in [0.25, 0.3) is 11.3 Å².